The number of carbonyl (C=O) groups is 2. The average molecular weight is 385 g/mol. The Balaban J connectivity index is 1.69. The van der Waals surface area contributed by atoms with Gasteiger partial charge in [-0.2, -0.15) is 0 Å². The Morgan fingerprint density at radius 2 is 1.96 bits per heavy atom. The van der Waals surface area contributed by atoms with Crippen LogP contribution in [-0.2, 0) is 27.2 Å². The predicted octanol–water partition coefficient (Wildman–Crippen LogP) is 4.18. The Labute approximate surface area is 168 Å². The highest BCUT2D eigenvalue weighted by Crippen LogP contribution is 2.36. The molecule has 4 heteroatoms. The van der Waals surface area contributed by atoms with Crippen molar-refractivity contribution >= 4 is 11.8 Å². The van der Waals surface area contributed by atoms with Gasteiger partial charge in [-0.1, -0.05) is 36.8 Å². The topological polar surface area (TPSA) is 63.6 Å². The van der Waals surface area contributed by atoms with Crippen molar-refractivity contribution in [3.8, 4) is 0 Å². The summed E-state index contributed by atoms with van der Waals surface area (Å²) in [5.74, 6) is 0.402. The Kier molecular flexibility index (Phi) is 7.43. The zero-order valence-corrected chi connectivity index (χ0v) is 16.9. The molecule has 0 amide bonds. The third kappa shape index (κ3) is 5.32. The van der Waals surface area contributed by atoms with Crippen LogP contribution in [0.4, 0.5) is 0 Å². The molecule has 3 atom stereocenters. The minimum Gasteiger partial charge on any atom is -0.469 e. The summed E-state index contributed by atoms with van der Waals surface area (Å²) in [6.07, 6.45) is 10.2. The van der Waals surface area contributed by atoms with Gasteiger partial charge >= 0.3 is 5.97 Å². The van der Waals surface area contributed by atoms with Crippen molar-refractivity contribution in [2.75, 3.05) is 7.11 Å². The van der Waals surface area contributed by atoms with Crippen LogP contribution in [0.2, 0.25) is 0 Å². The Bertz CT molecular complexity index is 721. The molecule has 0 bridgehead atoms. The number of ketones is 1. The fourth-order valence-electron chi connectivity index (χ4n) is 4.65. The largest absolute Gasteiger partial charge is 0.469 e. The molecule has 2 aliphatic rings. The molecule has 2 saturated carbocycles. The number of hydrogen-bond donors (Lipinski definition) is 1. The van der Waals surface area contributed by atoms with Crippen molar-refractivity contribution in [2.24, 2.45) is 11.8 Å². The zero-order valence-electron chi connectivity index (χ0n) is 16.9. The Morgan fingerprint density at radius 1 is 1.18 bits per heavy atom. The number of aliphatic hydroxyl groups is 1. The fraction of sp³-hybridized carbons (Fsp3) is 0.583. The number of benzene rings is 1. The van der Waals surface area contributed by atoms with Crippen LogP contribution < -0.4 is 0 Å². The van der Waals surface area contributed by atoms with E-state index in [0.29, 0.717) is 18.6 Å². The second-order valence-electron chi connectivity index (χ2n) is 8.18. The standard InChI is InChI=1S/C24H32O4/c1-28-24(27)12-6-10-17-7-2-3-8-18(17)16-21-19(13-14-23(21)26)15-20-9-4-5-11-22(20)25/h2-3,7-8,15,19,21-22,25H,4-6,9-14,16H2,1H3/b20-15+/t19-,21-,22+/m1/s1. The maximum atomic E-state index is 12.6. The molecule has 152 valence electrons. The highest BCUT2D eigenvalue weighted by Gasteiger charge is 2.34. The van der Waals surface area contributed by atoms with Crippen molar-refractivity contribution in [1.29, 1.82) is 0 Å². The van der Waals surface area contributed by atoms with E-state index >= 15 is 0 Å². The highest BCUT2D eigenvalue weighted by molar-refractivity contribution is 5.84. The van der Waals surface area contributed by atoms with Crippen LogP contribution in [0.5, 0.6) is 0 Å². The van der Waals surface area contributed by atoms with Crippen LogP contribution in [0.1, 0.15) is 62.5 Å². The third-order valence-corrected chi connectivity index (χ3v) is 6.32. The van der Waals surface area contributed by atoms with E-state index in [-0.39, 0.29) is 23.9 Å². The molecule has 0 saturated heterocycles. The smallest absolute Gasteiger partial charge is 0.305 e. The number of Topliss-reactive ketones (excluding diaryl/α,β-unsaturated/α-hetero) is 1. The number of allylic oxidation sites excluding steroid dienone is 1. The van der Waals surface area contributed by atoms with Crippen LogP contribution in [0.3, 0.4) is 0 Å². The molecule has 0 unspecified atom stereocenters. The van der Waals surface area contributed by atoms with Crippen molar-refractivity contribution in [3.05, 3.63) is 47.0 Å². The van der Waals surface area contributed by atoms with Crippen molar-refractivity contribution in [1.82, 2.24) is 0 Å². The molecule has 4 nitrogen and oxygen atoms in total. The number of rotatable bonds is 7. The summed E-state index contributed by atoms with van der Waals surface area (Å²) in [5.41, 5.74) is 3.57. The van der Waals surface area contributed by atoms with Crippen LogP contribution in [0.15, 0.2) is 35.9 Å². The molecule has 0 heterocycles. The first-order valence-corrected chi connectivity index (χ1v) is 10.6. The number of hydrogen-bond acceptors (Lipinski definition) is 4. The number of ether oxygens (including phenoxy) is 1. The number of aryl methyl sites for hydroxylation is 1. The molecule has 3 rings (SSSR count). The van der Waals surface area contributed by atoms with Crippen molar-refractivity contribution < 1.29 is 19.4 Å². The predicted molar refractivity (Wildman–Crippen MR) is 109 cm³/mol. The molecular weight excluding hydrogens is 352 g/mol. The molecule has 0 radical (unpaired) electrons. The van der Waals surface area contributed by atoms with Crippen molar-refractivity contribution in [3.63, 3.8) is 0 Å². The van der Waals surface area contributed by atoms with E-state index in [1.807, 2.05) is 12.1 Å². The van der Waals surface area contributed by atoms with Crippen molar-refractivity contribution in [2.45, 2.75) is 70.3 Å². The lowest BCUT2D eigenvalue weighted by Crippen LogP contribution is -2.20. The van der Waals surface area contributed by atoms with Gasteiger partial charge in [-0.3, -0.25) is 9.59 Å². The van der Waals surface area contributed by atoms with Gasteiger partial charge in [-0.25, -0.2) is 0 Å². The van der Waals surface area contributed by atoms with Gasteiger partial charge in [0, 0.05) is 18.8 Å². The number of esters is 1. The first-order chi connectivity index (χ1) is 13.6. The molecule has 2 fully saturated rings. The second kappa shape index (κ2) is 10.0. The molecule has 1 aromatic carbocycles. The van der Waals surface area contributed by atoms with Gasteiger partial charge in [0.05, 0.1) is 13.2 Å². The zero-order chi connectivity index (χ0) is 19.9. The molecule has 0 aromatic heterocycles. The van der Waals surface area contributed by atoms with Gasteiger partial charge in [0.1, 0.15) is 5.78 Å². The van der Waals surface area contributed by atoms with Gasteiger partial charge in [-0.15, -0.1) is 0 Å². The van der Waals surface area contributed by atoms with Gasteiger partial charge in [-0.05, 0) is 67.6 Å². The fourth-order valence-corrected chi connectivity index (χ4v) is 4.65. The summed E-state index contributed by atoms with van der Waals surface area (Å²) in [7, 11) is 1.42. The van der Waals surface area contributed by atoms with Crippen LogP contribution in [0, 0.1) is 11.8 Å². The van der Waals surface area contributed by atoms with Gasteiger partial charge < -0.3 is 9.84 Å². The summed E-state index contributed by atoms with van der Waals surface area (Å²) in [6.45, 7) is 0. The SMILES string of the molecule is COC(=O)CCCc1ccccc1C[C@H]1C(=O)CC[C@@H]1/C=C1\CCCC[C@@H]1O. The molecule has 1 N–H and O–H groups in total. The van der Waals surface area contributed by atoms with E-state index in [1.165, 1.54) is 18.2 Å². The molecule has 28 heavy (non-hydrogen) atoms. The van der Waals surface area contributed by atoms with Gasteiger partial charge in [0.2, 0.25) is 0 Å². The number of carbonyl (C=O) groups excluding carboxylic acids is 2. The maximum absolute atomic E-state index is 12.6. The van der Waals surface area contributed by atoms with E-state index in [4.69, 9.17) is 4.74 Å². The lowest BCUT2D eigenvalue weighted by molar-refractivity contribution is -0.140. The molecule has 0 spiro atoms. The Morgan fingerprint density at radius 3 is 2.71 bits per heavy atom. The summed E-state index contributed by atoms with van der Waals surface area (Å²) in [6, 6.07) is 8.26. The van der Waals surface area contributed by atoms with Crippen LogP contribution >= 0.6 is 0 Å². The van der Waals surface area contributed by atoms with E-state index in [0.717, 1.165) is 56.9 Å². The summed E-state index contributed by atoms with van der Waals surface area (Å²) in [5, 5.41) is 10.3. The number of aliphatic hydroxyl groups excluding tert-OH is 1. The lowest BCUT2D eigenvalue weighted by atomic mass is 9.83. The van der Waals surface area contributed by atoms with Crippen LogP contribution in [-0.4, -0.2) is 30.1 Å². The third-order valence-electron chi connectivity index (χ3n) is 6.32. The monoisotopic (exact) mass is 384 g/mol. The molecule has 1 aromatic rings. The summed E-state index contributed by atoms with van der Waals surface area (Å²) < 4.78 is 4.72. The van der Waals surface area contributed by atoms with E-state index in [2.05, 4.69) is 18.2 Å². The molecule has 2 aliphatic carbocycles. The normalized spacial score (nSPS) is 26.6. The second-order valence-corrected chi connectivity index (χ2v) is 8.18. The average Bonchev–Trinajstić information content (AvgIpc) is 3.04. The molecular formula is C24H32O4. The highest BCUT2D eigenvalue weighted by atomic mass is 16.5. The minimum absolute atomic E-state index is 0.00313. The van der Waals surface area contributed by atoms with E-state index in [9.17, 15) is 14.7 Å². The summed E-state index contributed by atoms with van der Waals surface area (Å²) >= 11 is 0. The first-order valence-electron chi connectivity index (χ1n) is 10.6. The summed E-state index contributed by atoms with van der Waals surface area (Å²) in [4.78, 5) is 24.0. The van der Waals surface area contributed by atoms with E-state index in [1.54, 1.807) is 0 Å². The van der Waals surface area contributed by atoms with E-state index < -0.39 is 0 Å². The van der Waals surface area contributed by atoms with Gasteiger partial charge in [0.15, 0.2) is 0 Å². The number of methoxy groups -OCH3 is 1. The maximum Gasteiger partial charge on any atom is 0.305 e. The van der Waals surface area contributed by atoms with Crippen LogP contribution in [0.25, 0.3) is 0 Å². The minimum atomic E-state index is -0.323. The lowest BCUT2D eigenvalue weighted by Gasteiger charge is -2.24. The molecule has 0 aliphatic heterocycles. The first kappa shape index (κ1) is 20.8. The quantitative estimate of drug-likeness (QED) is 0.566. The van der Waals surface area contributed by atoms with Gasteiger partial charge in [0.25, 0.3) is 0 Å². The Hall–Kier alpha value is -1.94.